The highest BCUT2D eigenvalue weighted by Gasteiger charge is 2.13. The van der Waals surface area contributed by atoms with Gasteiger partial charge in [0, 0.05) is 0 Å². The minimum absolute atomic E-state index is 0.184. The van der Waals surface area contributed by atoms with Crippen molar-refractivity contribution in [3.63, 3.8) is 0 Å². The standard InChI is InChI=1S/C11H12N2O5/c1-17-10(15)7-4-2-3-5-8(7)18-6-9(14)13-11(12)16/h2-5H,6H2,1H3,(H3,12,13,14,16). The zero-order valence-electron chi connectivity index (χ0n) is 9.64. The Labute approximate surface area is 103 Å². The smallest absolute Gasteiger partial charge is 0.341 e. The second-order valence-corrected chi connectivity index (χ2v) is 3.19. The lowest BCUT2D eigenvalue weighted by Gasteiger charge is -2.09. The largest absolute Gasteiger partial charge is 0.483 e. The zero-order valence-corrected chi connectivity index (χ0v) is 9.64. The van der Waals surface area contributed by atoms with Gasteiger partial charge in [-0.3, -0.25) is 10.1 Å². The Balaban J connectivity index is 2.70. The molecule has 7 heteroatoms. The van der Waals surface area contributed by atoms with Gasteiger partial charge in [-0.2, -0.15) is 0 Å². The van der Waals surface area contributed by atoms with Crippen molar-refractivity contribution in [2.24, 2.45) is 5.73 Å². The van der Waals surface area contributed by atoms with Gasteiger partial charge in [-0.1, -0.05) is 12.1 Å². The van der Waals surface area contributed by atoms with Gasteiger partial charge in [-0.05, 0) is 12.1 Å². The van der Waals surface area contributed by atoms with E-state index in [2.05, 4.69) is 4.74 Å². The number of hydrogen-bond acceptors (Lipinski definition) is 5. The van der Waals surface area contributed by atoms with E-state index in [9.17, 15) is 14.4 Å². The van der Waals surface area contributed by atoms with E-state index in [1.54, 1.807) is 12.1 Å². The second kappa shape index (κ2) is 6.24. The molecule has 0 aliphatic heterocycles. The van der Waals surface area contributed by atoms with E-state index in [1.165, 1.54) is 19.2 Å². The number of primary amides is 1. The van der Waals surface area contributed by atoms with Crippen LogP contribution in [-0.2, 0) is 9.53 Å². The normalized spacial score (nSPS) is 9.39. The fourth-order valence-corrected chi connectivity index (χ4v) is 1.19. The van der Waals surface area contributed by atoms with Crippen molar-refractivity contribution in [1.29, 1.82) is 0 Å². The number of methoxy groups -OCH3 is 1. The maximum absolute atomic E-state index is 11.4. The Kier molecular flexibility index (Phi) is 4.67. The van der Waals surface area contributed by atoms with Crippen molar-refractivity contribution < 1.29 is 23.9 Å². The van der Waals surface area contributed by atoms with E-state index in [0.29, 0.717) is 0 Å². The Hall–Kier alpha value is -2.57. The van der Waals surface area contributed by atoms with Crippen LogP contribution in [-0.4, -0.2) is 31.6 Å². The number of nitrogens with one attached hydrogen (secondary N) is 1. The zero-order chi connectivity index (χ0) is 13.5. The lowest BCUT2D eigenvalue weighted by Crippen LogP contribution is -2.38. The second-order valence-electron chi connectivity index (χ2n) is 3.19. The molecule has 0 bridgehead atoms. The average Bonchev–Trinajstić information content (AvgIpc) is 2.35. The molecule has 0 saturated heterocycles. The Morgan fingerprint density at radius 2 is 1.94 bits per heavy atom. The molecular weight excluding hydrogens is 240 g/mol. The van der Waals surface area contributed by atoms with E-state index in [0.717, 1.165) is 0 Å². The van der Waals surface area contributed by atoms with Crippen molar-refractivity contribution in [3.05, 3.63) is 29.8 Å². The molecule has 0 spiro atoms. The molecule has 1 aromatic rings. The number of benzene rings is 1. The number of carbonyl (C=O) groups excluding carboxylic acids is 3. The summed E-state index contributed by atoms with van der Waals surface area (Å²) in [5, 5.41) is 1.83. The van der Waals surface area contributed by atoms with Crippen molar-refractivity contribution in [1.82, 2.24) is 5.32 Å². The van der Waals surface area contributed by atoms with Crippen molar-refractivity contribution >= 4 is 17.9 Å². The van der Waals surface area contributed by atoms with Crippen molar-refractivity contribution in [2.45, 2.75) is 0 Å². The van der Waals surface area contributed by atoms with Crippen LogP contribution in [0.5, 0.6) is 5.75 Å². The number of amides is 3. The Morgan fingerprint density at radius 1 is 1.28 bits per heavy atom. The molecule has 96 valence electrons. The molecule has 7 nitrogen and oxygen atoms in total. The highest BCUT2D eigenvalue weighted by Crippen LogP contribution is 2.18. The first-order valence-corrected chi connectivity index (χ1v) is 4.94. The number of nitrogens with two attached hydrogens (primary N) is 1. The number of hydrogen-bond donors (Lipinski definition) is 2. The first-order chi connectivity index (χ1) is 8.54. The molecule has 1 aromatic carbocycles. The first kappa shape index (κ1) is 13.5. The summed E-state index contributed by atoms with van der Waals surface area (Å²) in [5.74, 6) is -1.10. The van der Waals surface area contributed by atoms with Crippen LogP contribution in [0.3, 0.4) is 0 Å². The predicted octanol–water partition coefficient (Wildman–Crippen LogP) is 0.0469. The maximum atomic E-state index is 11.4. The van der Waals surface area contributed by atoms with E-state index in [-0.39, 0.29) is 11.3 Å². The predicted molar refractivity (Wildman–Crippen MR) is 61.0 cm³/mol. The summed E-state index contributed by atoms with van der Waals surface area (Å²) in [6.45, 7) is -0.434. The fourth-order valence-electron chi connectivity index (χ4n) is 1.19. The summed E-state index contributed by atoms with van der Waals surface area (Å²) in [6, 6.07) is 5.29. The molecule has 1 rings (SSSR count). The van der Waals surface area contributed by atoms with Crippen LogP contribution in [0.1, 0.15) is 10.4 Å². The molecule has 0 heterocycles. The van der Waals surface area contributed by atoms with Gasteiger partial charge < -0.3 is 15.2 Å². The van der Waals surface area contributed by atoms with Crippen LogP contribution in [0.4, 0.5) is 4.79 Å². The van der Waals surface area contributed by atoms with Gasteiger partial charge in [-0.15, -0.1) is 0 Å². The van der Waals surface area contributed by atoms with Crippen LogP contribution in [0.15, 0.2) is 24.3 Å². The van der Waals surface area contributed by atoms with Gasteiger partial charge in [0.05, 0.1) is 7.11 Å². The third-order valence-corrected chi connectivity index (χ3v) is 1.91. The summed E-state index contributed by atoms with van der Waals surface area (Å²) >= 11 is 0. The van der Waals surface area contributed by atoms with Crippen LogP contribution < -0.4 is 15.8 Å². The molecule has 0 aliphatic rings. The Morgan fingerprint density at radius 3 is 2.56 bits per heavy atom. The number of ether oxygens (including phenoxy) is 2. The summed E-state index contributed by atoms with van der Waals surface area (Å²) in [7, 11) is 1.24. The van der Waals surface area contributed by atoms with Gasteiger partial charge in [0.2, 0.25) is 0 Å². The maximum Gasteiger partial charge on any atom is 0.341 e. The Bertz CT molecular complexity index is 472. The van der Waals surface area contributed by atoms with Gasteiger partial charge in [-0.25, -0.2) is 9.59 Å². The van der Waals surface area contributed by atoms with Gasteiger partial charge in [0.1, 0.15) is 11.3 Å². The summed E-state index contributed by atoms with van der Waals surface area (Å²) in [5.41, 5.74) is 4.95. The number of esters is 1. The molecule has 0 radical (unpaired) electrons. The molecular formula is C11H12N2O5. The van der Waals surface area contributed by atoms with Crippen LogP contribution in [0.25, 0.3) is 0 Å². The third kappa shape index (κ3) is 3.78. The van der Waals surface area contributed by atoms with Crippen LogP contribution in [0.2, 0.25) is 0 Å². The third-order valence-electron chi connectivity index (χ3n) is 1.91. The molecule has 0 aromatic heterocycles. The summed E-state index contributed by atoms with van der Waals surface area (Å²) in [4.78, 5) is 32.9. The van der Waals surface area contributed by atoms with Gasteiger partial charge in [0.15, 0.2) is 6.61 Å². The number of para-hydroxylation sites is 1. The minimum atomic E-state index is -0.968. The molecule has 0 atom stereocenters. The average molecular weight is 252 g/mol. The first-order valence-electron chi connectivity index (χ1n) is 4.94. The topological polar surface area (TPSA) is 108 Å². The van der Waals surface area contributed by atoms with Crippen molar-refractivity contribution in [2.75, 3.05) is 13.7 Å². The molecule has 3 N–H and O–H groups in total. The van der Waals surface area contributed by atoms with Gasteiger partial charge in [0.25, 0.3) is 5.91 Å². The molecule has 3 amide bonds. The lowest BCUT2D eigenvalue weighted by molar-refractivity contribution is -0.121. The quantitative estimate of drug-likeness (QED) is 0.736. The van der Waals surface area contributed by atoms with E-state index in [4.69, 9.17) is 10.5 Å². The molecule has 0 fully saturated rings. The number of imide groups is 1. The van der Waals surface area contributed by atoms with Gasteiger partial charge >= 0.3 is 12.0 Å². The fraction of sp³-hybridized carbons (Fsp3) is 0.182. The summed E-state index contributed by atoms with van der Waals surface area (Å²) < 4.78 is 9.66. The number of urea groups is 1. The van der Waals surface area contributed by atoms with Crippen LogP contribution in [0, 0.1) is 0 Å². The highest BCUT2D eigenvalue weighted by molar-refractivity contribution is 5.95. The number of rotatable bonds is 4. The monoisotopic (exact) mass is 252 g/mol. The SMILES string of the molecule is COC(=O)c1ccccc1OCC(=O)NC(N)=O. The number of carbonyl (C=O) groups is 3. The minimum Gasteiger partial charge on any atom is -0.483 e. The molecule has 0 aliphatic carbocycles. The lowest BCUT2D eigenvalue weighted by atomic mass is 10.2. The van der Waals surface area contributed by atoms with E-state index < -0.39 is 24.5 Å². The van der Waals surface area contributed by atoms with Crippen molar-refractivity contribution in [3.8, 4) is 5.75 Å². The molecule has 0 unspecified atom stereocenters. The van der Waals surface area contributed by atoms with E-state index in [1.807, 2.05) is 5.32 Å². The van der Waals surface area contributed by atoms with Crippen LogP contribution >= 0.6 is 0 Å². The highest BCUT2D eigenvalue weighted by atomic mass is 16.5. The summed E-state index contributed by atoms with van der Waals surface area (Å²) in [6.07, 6.45) is 0. The van der Waals surface area contributed by atoms with E-state index >= 15 is 0 Å². The molecule has 0 saturated carbocycles. The molecule has 18 heavy (non-hydrogen) atoms.